The number of amides is 3. The Bertz CT molecular complexity index is 724. The number of nitrogens with zero attached hydrogens (tertiary/aromatic N) is 2. The van der Waals surface area contributed by atoms with Crippen molar-refractivity contribution >= 4 is 23.4 Å². The summed E-state index contributed by atoms with van der Waals surface area (Å²) in [5.74, 6) is 0.0700. The Labute approximate surface area is 165 Å². The smallest absolute Gasteiger partial charge is 0.245 e. The Morgan fingerprint density at radius 2 is 1.75 bits per heavy atom. The summed E-state index contributed by atoms with van der Waals surface area (Å²) >= 11 is 0. The second-order valence-corrected chi connectivity index (χ2v) is 8.02. The van der Waals surface area contributed by atoms with Crippen molar-refractivity contribution in [1.29, 1.82) is 0 Å². The molecule has 3 amide bonds. The minimum absolute atomic E-state index is 0.00245. The number of likely N-dealkylation sites (tertiary alicyclic amines) is 2. The van der Waals surface area contributed by atoms with Gasteiger partial charge < -0.3 is 20.2 Å². The molecule has 7 nitrogen and oxygen atoms in total. The van der Waals surface area contributed by atoms with E-state index < -0.39 is 6.04 Å². The molecule has 7 heteroatoms. The molecule has 2 fully saturated rings. The zero-order valence-corrected chi connectivity index (χ0v) is 16.6. The number of hydrogen-bond acceptors (Lipinski definition) is 4. The standard InChI is InChI=1S/C21H29N3O4/c1-14(2)19(24-11-3-4-18(24)26)21(28)23-12-9-15(10-13-23)20(27)22-16-5-7-17(25)8-6-16/h5-8,14-15,19,25H,3-4,9-13H2,1-2H3,(H,22,27)/t19-/m0/s1. The van der Waals surface area contributed by atoms with Gasteiger partial charge in [0.1, 0.15) is 11.8 Å². The zero-order chi connectivity index (χ0) is 20.3. The van der Waals surface area contributed by atoms with E-state index in [-0.39, 0.29) is 35.3 Å². The Kier molecular flexibility index (Phi) is 6.21. The number of rotatable bonds is 5. The molecule has 2 aliphatic heterocycles. The molecule has 0 aromatic heterocycles. The monoisotopic (exact) mass is 387 g/mol. The molecule has 2 heterocycles. The molecule has 1 aromatic carbocycles. The van der Waals surface area contributed by atoms with Gasteiger partial charge in [-0.25, -0.2) is 0 Å². The van der Waals surface area contributed by atoms with Crippen LogP contribution in [0.25, 0.3) is 0 Å². The molecule has 3 rings (SSSR count). The van der Waals surface area contributed by atoms with Gasteiger partial charge in [-0.05, 0) is 49.4 Å². The topological polar surface area (TPSA) is 89.9 Å². The van der Waals surface area contributed by atoms with Crippen LogP contribution in [-0.4, -0.2) is 58.3 Å². The number of benzene rings is 1. The number of carbonyl (C=O) groups is 3. The Balaban J connectivity index is 1.56. The van der Waals surface area contributed by atoms with Gasteiger partial charge in [0, 0.05) is 37.7 Å². The third-order valence-corrected chi connectivity index (χ3v) is 5.64. The number of hydrogen-bond donors (Lipinski definition) is 2. The third-order valence-electron chi connectivity index (χ3n) is 5.64. The second-order valence-electron chi connectivity index (χ2n) is 8.02. The van der Waals surface area contributed by atoms with E-state index >= 15 is 0 Å². The average Bonchev–Trinajstić information content (AvgIpc) is 3.09. The van der Waals surface area contributed by atoms with E-state index in [2.05, 4.69) is 5.32 Å². The lowest BCUT2D eigenvalue weighted by Crippen LogP contribution is -2.54. The zero-order valence-electron chi connectivity index (χ0n) is 16.6. The maximum Gasteiger partial charge on any atom is 0.245 e. The Morgan fingerprint density at radius 1 is 1.11 bits per heavy atom. The lowest BCUT2D eigenvalue weighted by molar-refractivity contribution is -0.146. The van der Waals surface area contributed by atoms with Gasteiger partial charge in [-0.15, -0.1) is 0 Å². The molecule has 28 heavy (non-hydrogen) atoms. The van der Waals surface area contributed by atoms with Gasteiger partial charge in [-0.3, -0.25) is 14.4 Å². The van der Waals surface area contributed by atoms with Crippen LogP contribution in [0.4, 0.5) is 5.69 Å². The SMILES string of the molecule is CC(C)[C@@H](C(=O)N1CCC(C(=O)Nc2ccc(O)cc2)CC1)N1CCCC1=O. The molecular formula is C21H29N3O4. The predicted octanol–water partition coefficient (Wildman–Crippen LogP) is 2.22. The van der Waals surface area contributed by atoms with Crippen molar-refractivity contribution in [1.82, 2.24) is 9.80 Å². The van der Waals surface area contributed by atoms with Crippen LogP contribution in [0.15, 0.2) is 24.3 Å². The fourth-order valence-electron chi connectivity index (χ4n) is 4.08. The molecule has 152 valence electrons. The highest BCUT2D eigenvalue weighted by atomic mass is 16.3. The first-order valence-electron chi connectivity index (χ1n) is 10.0. The van der Waals surface area contributed by atoms with Gasteiger partial charge in [0.25, 0.3) is 0 Å². The molecule has 0 saturated carbocycles. The van der Waals surface area contributed by atoms with Crippen molar-refractivity contribution in [3.05, 3.63) is 24.3 Å². The van der Waals surface area contributed by atoms with Crippen LogP contribution in [0.5, 0.6) is 5.75 Å². The number of aromatic hydroxyl groups is 1. The van der Waals surface area contributed by atoms with E-state index in [0.717, 1.165) is 6.42 Å². The summed E-state index contributed by atoms with van der Waals surface area (Å²) in [6.45, 7) is 5.66. The number of piperidine rings is 1. The summed E-state index contributed by atoms with van der Waals surface area (Å²) in [6.07, 6.45) is 2.55. The van der Waals surface area contributed by atoms with Crippen LogP contribution in [0.1, 0.15) is 39.5 Å². The van der Waals surface area contributed by atoms with Crippen molar-refractivity contribution < 1.29 is 19.5 Å². The number of carbonyl (C=O) groups excluding carboxylic acids is 3. The summed E-state index contributed by atoms with van der Waals surface area (Å²) < 4.78 is 0. The first kappa shape index (κ1) is 20.2. The highest BCUT2D eigenvalue weighted by Crippen LogP contribution is 2.25. The molecule has 0 aliphatic carbocycles. The normalized spacial score (nSPS) is 19.2. The summed E-state index contributed by atoms with van der Waals surface area (Å²) in [6, 6.07) is 5.97. The number of phenolic OH excluding ortho intramolecular Hbond substituents is 1. The largest absolute Gasteiger partial charge is 0.508 e. The third kappa shape index (κ3) is 4.46. The summed E-state index contributed by atoms with van der Waals surface area (Å²) in [5, 5.41) is 12.2. The summed E-state index contributed by atoms with van der Waals surface area (Å²) in [7, 11) is 0. The molecule has 2 aliphatic rings. The van der Waals surface area contributed by atoms with Crippen LogP contribution < -0.4 is 5.32 Å². The first-order chi connectivity index (χ1) is 13.4. The van der Waals surface area contributed by atoms with Crippen molar-refractivity contribution in [2.24, 2.45) is 11.8 Å². The van der Waals surface area contributed by atoms with Crippen LogP contribution in [-0.2, 0) is 14.4 Å². The quantitative estimate of drug-likeness (QED) is 0.758. The van der Waals surface area contributed by atoms with E-state index in [1.807, 2.05) is 13.8 Å². The minimum atomic E-state index is -0.405. The molecule has 2 N–H and O–H groups in total. The lowest BCUT2D eigenvalue weighted by Gasteiger charge is -2.37. The average molecular weight is 387 g/mol. The molecule has 2 saturated heterocycles. The molecule has 0 unspecified atom stereocenters. The van der Waals surface area contributed by atoms with Crippen LogP contribution in [0.2, 0.25) is 0 Å². The summed E-state index contributed by atoms with van der Waals surface area (Å²) in [5.41, 5.74) is 0.647. The van der Waals surface area contributed by atoms with Crippen molar-refractivity contribution in [3.8, 4) is 5.75 Å². The number of anilines is 1. The second kappa shape index (κ2) is 8.63. The maximum absolute atomic E-state index is 13.1. The molecule has 1 aromatic rings. The predicted molar refractivity (Wildman–Crippen MR) is 106 cm³/mol. The van der Waals surface area contributed by atoms with Crippen molar-refractivity contribution in [3.63, 3.8) is 0 Å². The molecule has 0 radical (unpaired) electrons. The number of nitrogens with one attached hydrogen (secondary N) is 1. The highest BCUT2D eigenvalue weighted by Gasteiger charge is 2.38. The van der Waals surface area contributed by atoms with Gasteiger partial charge in [0.05, 0.1) is 0 Å². The van der Waals surface area contributed by atoms with Gasteiger partial charge in [0.2, 0.25) is 17.7 Å². The van der Waals surface area contributed by atoms with E-state index in [0.29, 0.717) is 44.6 Å². The van der Waals surface area contributed by atoms with E-state index in [1.54, 1.807) is 21.9 Å². The van der Waals surface area contributed by atoms with E-state index in [1.165, 1.54) is 12.1 Å². The molecular weight excluding hydrogens is 358 g/mol. The molecule has 0 bridgehead atoms. The van der Waals surface area contributed by atoms with Gasteiger partial charge in [0.15, 0.2) is 0 Å². The Morgan fingerprint density at radius 3 is 2.29 bits per heavy atom. The molecule has 0 spiro atoms. The van der Waals surface area contributed by atoms with Gasteiger partial charge >= 0.3 is 0 Å². The van der Waals surface area contributed by atoms with Gasteiger partial charge in [-0.2, -0.15) is 0 Å². The minimum Gasteiger partial charge on any atom is -0.508 e. The summed E-state index contributed by atoms with van der Waals surface area (Å²) in [4.78, 5) is 41.2. The Hall–Kier alpha value is -2.57. The van der Waals surface area contributed by atoms with Crippen LogP contribution in [0.3, 0.4) is 0 Å². The van der Waals surface area contributed by atoms with E-state index in [9.17, 15) is 19.5 Å². The first-order valence-corrected chi connectivity index (χ1v) is 10.0. The lowest BCUT2D eigenvalue weighted by atomic mass is 9.93. The fraction of sp³-hybridized carbons (Fsp3) is 0.571. The maximum atomic E-state index is 13.1. The van der Waals surface area contributed by atoms with Crippen molar-refractivity contribution in [2.45, 2.75) is 45.6 Å². The fourth-order valence-corrected chi connectivity index (χ4v) is 4.08. The molecule has 1 atom stereocenters. The van der Waals surface area contributed by atoms with E-state index in [4.69, 9.17) is 0 Å². The van der Waals surface area contributed by atoms with Crippen LogP contribution >= 0.6 is 0 Å². The highest BCUT2D eigenvalue weighted by molar-refractivity contribution is 5.93. The van der Waals surface area contributed by atoms with Gasteiger partial charge in [-0.1, -0.05) is 13.8 Å². The van der Waals surface area contributed by atoms with Crippen LogP contribution in [0, 0.1) is 11.8 Å². The number of phenols is 1. The van der Waals surface area contributed by atoms with Crippen molar-refractivity contribution in [2.75, 3.05) is 25.0 Å².